The van der Waals surface area contributed by atoms with Crippen molar-refractivity contribution < 1.29 is 33.6 Å². The Labute approximate surface area is 242 Å². The van der Waals surface area contributed by atoms with Gasteiger partial charge in [0.25, 0.3) is 0 Å². The number of hydrogen-bond donors (Lipinski definition) is 4. The van der Waals surface area contributed by atoms with Crippen LogP contribution in [0.15, 0.2) is 51.9 Å². The van der Waals surface area contributed by atoms with Gasteiger partial charge in [0.1, 0.15) is 60.5 Å². The summed E-state index contributed by atoms with van der Waals surface area (Å²) >= 11 is 3.41. The number of hydrogen-bond acceptors (Lipinski definition) is 13. The van der Waals surface area contributed by atoms with Gasteiger partial charge in [-0.15, -0.1) is 0 Å². The number of nitrogens with zero attached hydrogens (tertiary/aromatic N) is 3. The summed E-state index contributed by atoms with van der Waals surface area (Å²) in [6.07, 6.45) is -0.725. The molecule has 0 amide bonds. The molecule has 218 valence electrons. The van der Waals surface area contributed by atoms with Crippen LogP contribution in [-0.4, -0.2) is 63.5 Å². The summed E-state index contributed by atoms with van der Waals surface area (Å²) < 4.78 is 23.7. The van der Waals surface area contributed by atoms with E-state index in [0.29, 0.717) is 28.4 Å². The molecule has 0 unspecified atom stereocenters. The van der Waals surface area contributed by atoms with Gasteiger partial charge in [0.05, 0.1) is 11.0 Å². The number of carbonyl (C=O) groups is 2. The van der Waals surface area contributed by atoms with Gasteiger partial charge < -0.3 is 40.4 Å². The van der Waals surface area contributed by atoms with Crippen molar-refractivity contribution in [1.29, 1.82) is 0 Å². The largest absolute Gasteiger partial charge is 0.506 e. The van der Waals surface area contributed by atoms with E-state index in [4.69, 9.17) is 24.7 Å². The van der Waals surface area contributed by atoms with Gasteiger partial charge >= 0.3 is 17.6 Å². The summed E-state index contributed by atoms with van der Waals surface area (Å²) in [5.74, 6) is 0.254. The second-order valence-corrected chi connectivity index (χ2v) is 9.80. The summed E-state index contributed by atoms with van der Waals surface area (Å²) in [5.41, 5.74) is 5.22. The van der Waals surface area contributed by atoms with E-state index >= 15 is 0 Å². The van der Waals surface area contributed by atoms with E-state index < -0.39 is 36.1 Å². The predicted octanol–water partition coefficient (Wildman–Crippen LogP) is 2.71. The molecule has 1 fully saturated rings. The Morgan fingerprint density at radius 3 is 2.71 bits per heavy atom. The molecule has 0 spiro atoms. The molecule has 14 nitrogen and oxygen atoms in total. The standard InChI is InChI=1S/C26H29BrN6O8/c1-14(34)39-13-20-19(40-15(2)35)11-23(41-20)33-12-16(27)25(32-26(33)37)31-24-17(36)5-3-6-18(24)38-10-9-29-22-8-4-7-21(28)30-22/h3-8,12,19-20,23,36H,9-11,13H2,1-2H3,(H3,28,29,30)(H,31,32,37)/t19-,20-,23-/m1/s1. The van der Waals surface area contributed by atoms with Gasteiger partial charge in [-0.05, 0) is 40.2 Å². The van der Waals surface area contributed by atoms with Crippen molar-refractivity contribution in [3.63, 3.8) is 0 Å². The number of benzene rings is 1. The van der Waals surface area contributed by atoms with Crippen molar-refractivity contribution in [3.8, 4) is 11.5 Å². The van der Waals surface area contributed by atoms with Crippen molar-refractivity contribution in [3.05, 3.63) is 57.6 Å². The monoisotopic (exact) mass is 632 g/mol. The third-order valence-corrected chi connectivity index (χ3v) is 6.43. The van der Waals surface area contributed by atoms with Crippen LogP contribution in [0.2, 0.25) is 0 Å². The lowest BCUT2D eigenvalue weighted by Crippen LogP contribution is -2.31. The lowest BCUT2D eigenvalue weighted by atomic mass is 10.2. The van der Waals surface area contributed by atoms with Crippen LogP contribution >= 0.6 is 15.9 Å². The Morgan fingerprint density at radius 1 is 1.20 bits per heavy atom. The topological polar surface area (TPSA) is 189 Å². The highest BCUT2D eigenvalue weighted by molar-refractivity contribution is 9.10. The Balaban J connectivity index is 1.46. The number of nitrogens with one attached hydrogen (secondary N) is 2. The normalized spacial score (nSPS) is 18.0. The summed E-state index contributed by atoms with van der Waals surface area (Å²) in [6, 6.07) is 9.97. The van der Waals surface area contributed by atoms with Gasteiger partial charge in [0.2, 0.25) is 0 Å². The fourth-order valence-corrected chi connectivity index (χ4v) is 4.48. The third-order valence-electron chi connectivity index (χ3n) is 5.85. The number of phenolic OH excluding ortho intramolecular Hbond substituents is 1. The molecule has 3 aromatic rings. The zero-order valence-corrected chi connectivity index (χ0v) is 23.8. The average Bonchev–Trinajstić information content (AvgIpc) is 3.30. The number of halogens is 1. The molecule has 2 aromatic heterocycles. The zero-order valence-electron chi connectivity index (χ0n) is 22.2. The quantitative estimate of drug-likeness (QED) is 0.137. The fraction of sp³-hybridized carbons (Fsp3) is 0.346. The number of esters is 2. The average molecular weight is 633 g/mol. The van der Waals surface area contributed by atoms with Crippen molar-refractivity contribution in [2.45, 2.75) is 38.7 Å². The van der Waals surface area contributed by atoms with Crippen molar-refractivity contribution in [2.75, 3.05) is 36.1 Å². The lowest BCUT2D eigenvalue weighted by Gasteiger charge is -2.18. The van der Waals surface area contributed by atoms with Crippen LogP contribution in [0.5, 0.6) is 11.5 Å². The molecule has 1 aliphatic rings. The molecule has 0 saturated carbocycles. The van der Waals surface area contributed by atoms with Gasteiger partial charge in [-0.3, -0.25) is 14.2 Å². The highest BCUT2D eigenvalue weighted by Gasteiger charge is 2.40. The van der Waals surface area contributed by atoms with E-state index in [2.05, 4.69) is 36.5 Å². The molecule has 0 radical (unpaired) electrons. The summed E-state index contributed by atoms with van der Waals surface area (Å²) in [5, 5.41) is 16.6. The number of aromatic nitrogens is 3. The van der Waals surface area contributed by atoms with Crippen LogP contribution < -0.4 is 26.8 Å². The number of ether oxygens (including phenoxy) is 4. The highest BCUT2D eigenvalue weighted by Crippen LogP contribution is 2.37. The molecule has 3 atom stereocenters. The van der Waals surface area contributed by atoms with E-state index in [1.54, 1.807) is 30.3 Å². The number of anilines is 4. The zero-order chi connectivity index (χ0) is 29.5. The first-order valence-electron chi connectivity index (χ1n) is 12.5. The van der Waals surface area contributed by atoms with Crippen molar-refractivity contribution in [1.82, 2.24) is 14.5 Å². The van der Waals surface area contributed by atoms with Crippen LogP contribution in [0.4, 0.5) is 23.1 Å². The second-order valence-electron chi connectivity index (χ2n) is 8.94. The van der Waals surface area contributed by atoms with E-state index in [-0.39, 0.29) is 36.9 Å². The molecule has 5 N–H and O–H groups in total. The molecular weight excluding hydrogens is 604 g/mol. The van der Waals surface area contributed by atoms with Crippen LogP contribution in [-0.2, 0) is 23.8 Å². The number of carbonyl (C=O) groups excluding carboxylic acids is 2. The summed E-state index contributed by atoms with van der Waals surface area (Å²) in [6.45, 7) is 2.99. The maximum Gasteiger partial charge on any atom is 0.351 e. The van der Waals surface area contributed by atoms with E-state index in [9.17, 15) is 19.5 Å². The number of phenols is 1. The first-order valence-corrected chi connectivity index (χ1v) is 13.3. The molecule has 1 aromatic carbocycles. The van der Waals surface area contributed by atoms with Gasteiger partial charge in [0, 0.05) is 26.5 Å². The predicted molar refractivity (Wildman–Crippen MR) is 151 cm³/mol. The number of aromatic hydroxyl groups is 1. The number of pyridine rings is 1. The SMILES string of the molecule is CC(=O)OC[C@H]1O[C@@H](n2cc(Br)c(Nc3c(O)cccc3OCCNc3cccc(N)n3)nc2=O)C[C@H]1OC(C)=O. The minimum atomic E-state index is -0.837. The van der Waals surface area contributed by atoms with Gasteiger partial charge in [0.15, 0.2) is 5.82 Å². The van der Waals surface area contributed by atoms with Crippen molar-refractivity contribution in [2.24, 2.45) is 0 Å². The third kappa shape index (κ3) is 7.85. The van der Waals surface area contributed by atoms with Gasteiger partial charge in [-0.25, -0.2) is 9.78 Å². The number of nitrogen functional groups attached to an aromatic ring is 1. The molecule has 4 rings (SSSR count). The lowest BCUT2D eigenvalue weighted by molar-refractivity contribution is -0.155. The fourth-order valence-electron chi connectivity index (χ4n) is 4.07. The Kier molecular flexibility index (Phi) is 9.62. The van der Waals surface area contributed by atoms with Crippen LogP contribution in [0.3, 0.4) is 0 Å². The molecule has 3 heterocycles. The summed E-state index contributed by atoms with van der Waals surface area (Å²) in [7, 11) is 0. The molecule has 41 heavy (non-hydrogen) atoms. The molecule has 0 bridgehead atoms. The molecule has 1 saturated heterocycles. The Hall–Kier alpha value is -4.37. The molecule has 1 aliphatic heterocycles. The van der Waals surface area contributed by atoms with Crippen LogP contribution in [0.1, 0.15) is 26.5 Å². The van der Waals surface area contributed by atoms with Crippen molar-refractivity contribution >= 4 is 51.0 Å². The van der Waals surface area contributed by atoms with Crippen LogP contribution in [0, 0.1) is 0 Å². The minimum Gasteiger partial charge on any atom is -0.506 e. The van der Waals surface area contributed by atoms with Gasteiger partial charge in [-0.2, -0.15) is 4.98 Å². The number of para-hydroxylation sites is 1. The van der Waals surface area contributed by atoms with E-state index in [0.717, 1.165) is 0 Å². The highest BCUT2D eigenvalue weighted by atomic mass is 79.9. The maximum atomic E-state index is 13.0. The summed E-state index contributed by atoms with van der Waals surface area (Å²) in [4.78, 5) is 44.1. The number of rotatable bonds is 11. The molecule has 15 heteroatoms. The van der Waals surface area contributed by atoms with E-state index in [1.807, 2.05) is 0 Å². The minimum absolute atomic E-state index is 0.116. The molecule has 0 aliphatic carbocycles. The van der Waals surface area contributed by atoms with Crippen LogP contribution in [0.25, 0.3) is 0 Å². The maximum absolute atomic E-state index is 13.0. The second kappa shape index (κ2) is 13.3. The Morgan fingerprint density at radius 2 is 1.98 bits per heavy atom. The first-order chi connectivity index (χ1) is 19.6. The first kappa shape index (κ1) is 29.6. The Bertz CT molecular complexity index is 1470. The number of nitrogens with two attached hydrogens (primary N) is 1. The van der Waals surface area contributed by atoms with Gasteiger partial charge in [-0.1, -0.05) is 12.1 Å². The molecular formula is C26H29BrN6O8. The smallest absolute Gasteiger partial charge is 0.351 e. The van der Waals surface area contributed by atoms with E-state index in [1.165, 1.54) is 30.7 Å².